The Morgan fingerprint density at radius 1 is 1.55 bits per heavy atom. The molecule has 1 aliphatic rings. The van der Waals surface area contributed by atoms with Gasteiger partial charge in [0.05, 0.1) is 8.66 Å². The van der Waals surface area contributed by atoms with E-state index in [4.69, 9.17) is 0 Å². The van der Waals surface area contributed by atoms with Crippen LogP contribution in [0.15, 0.2) is 14.3 Å². The van der Waals surface area contributed by atoms with Gasteiger partial charge in [-0.3, -0.25) is 4.79 Å². The molecule has 0 spiro atoms. The molecule has 1 aromatic rings. The van der Waals surface area contributed by atoms with Crippen molar-refractivity contribution >= 4 is 49.1 Å². The van der Waals surface area contributed by atoms with E-state index in [0.29, 0.717) is 5.92 Å². The van der Waals surface area contributed by atoms with Crippen LogP contribution in [0.2, 0.25) is 0 Å². The summed E-state index contributed by atoms with van der Waals surface area (Å²) in [7, 11) is 0. The zero-order chi connectivity index (χ0) is 14.5. The van der Waals surface area contributed by atoms with E-state index in [1.54, 1.807) is 0 Å². The fraction of sp³-hybridized carbons (Fsp3) is 0.643. The van der Waals surface area contributed by atoms with E-state index in [0.717, 1.165) is 45.7 Å². The summed E-state index contributed by atoms with van der Waals surface area (Å²) >= 11 is 8.42. The number of piperidine rings is 1. The lowest BCUT2D eigenvalue weighted by Gasteiger charge is -2.29. The van der Waals surface area contributed by atoms with Crippen molar-refractivity contribution in [3.05, 3.63) is 19.2 Å². The van der Waals surface area contributed by atoms with Crippen LogP contribution >= 0.6 is 43.2 Å². The number of amides is 1. The summed E-state index contributed by atoms with van der Waals surface area (Å²) in [5.41, 5.74) is 0. The number of halogens is 2. The first kappa shape index (κ1) is 16.5. The lowest BCUT2D eigenvalue weighted by molar-refractivity contribution is 0.0723. The van der Waals surface area contributed by atoms with Gasteiger partial charge in [0.25, 0.3) is 5.91 Å². The van der Waals surface area contributed by atoms with Crippen LogP contribution in [0.25, 0.3) is 0 Å². The molecule has 6 heteroatoms. The molecule has 1 N–H and O–H groups in total. The Labute approximate surface area is 141 Å². The first-order valence-corrected chi connectivity index (χ1v) is 9.47. The van der Waals surface area contributed by atoms with Gasteiger partial charge in [-0.2, -0.15) is 0 Å². The average Bonchev–Trinajstić information content (AvgIpc) is 2.78. The third kappa shape index (κ3) is 4.29. The van der Waals surface area contributed by atoms with E-state index in [9.17, 15) is 4.79 Å². The fourth-order valence-electron chi connectivity index (χ4n) is 2.54. The zero-order valence-electron chi connectivity index (χ0n) is 11.6. The molecule has 1 unspecified atom stereocenters. The van der Waals surface area contributed by atoms with Crippen LogP contribution in [-0.4, -0.2) is 37.0 Å². The van der Waals surface area contributed by atoms with Gasteiger partial charge >= 0.3 is 0 Å². The van der Waals surface area contributed by atoms with E-state index in [2.05, 4.69) is 44.1 Å². The van der Waals surface area contributed by atoms with Crippen LogP contribution in [0.4, 0.5) is 0 Å². The monoisotopic (exact) mass is 422 g/mol. The second-order valence-corrected chi connectivity index (χ2v) is 8.42. The fourth-order valence-corrected chi connectivity index (χ4v) is 4.55. The van der Waals surface area contributed by atoms with Crippen LogP contribution in [0.5, 0.6) is 0 Å². The van der Waals surface area contributed by atoms with E-state index < -0.39 is 0 Å². The molecule has 1 amide bonds. The second kappa shape index (κ2) is 7.92. The van der Waals surface area contributed by atoms with Crippen molar-refractivity contribution < 1.29 is 4.79 Å². The molecule has 1 atom stereocenters. The maximum absolute atomic E-state index is 12.6. The molecule has 0 radical (unpaired) electrons. The number of nitrogens with one attached hydrogen (secondary N) is 1. The van der Waals surface area contributed by atoms with Gasteiger partial charge in [-0.15, -0.1) is 11.3 Å². The SMILES string of the molecule is CCCN(CC1CCCNC1)C(=O)c1cc(Br)c(Br)s1. The Morgan fingerprint density at radius 3 is 2.90 bits per heavy atom. The highest BCUT2D eigenvalue weighted by molar-refractivity contribution is 9.13. The third-order valence-corrected chi connectivity index (χ3v) is 6.76. The minimum Gasteiger partial charge on any atom is -0.338 e. The molecule has 1 aromatic heterocycles. The van der Waals surface area contributed by atoms with Crippen molar-refractivity contribution in [2.45, 2.75) is 26.2 Å². The summed E-state index contributed by atoms with van der Waals surface area (Å²) in [6.07, 6.45) is 3.44. The molecule has 2 rings (SSSR count). The van der Waals surface area contributed by atoms with E-state index in [-0.39, 0.29) is 5.91 Å². The van der Waals surface area contributed by atoms with Crippen LogP contribution in [0, 0.1) is 5.92 Å². The van der Waals surface area contributed by atoms with Crippen molar-refractivity contribution in [2.24, 2.45) is 5.92 Å². The molecular weight excluding hydrogens is 404 g/mol. The van der Waals surface area contributed by atoms with Crippen LogP contribution in [0.3, 0.4) is 0 Å². The molecule has 1 aliphatic heterocycles. The summed E-state index contributed by atoms with van der Waals surface area (Å²) in [6, 6.07) is 1.92. The second-order valence-electron chi connectivity index (χ2n) is 5.20. The van der Waals surface area contributed by atoms with Gasteiger partial charge < -0.3 is 10.2 Å². The van der Waals surface area contributed by atoms with Gasteiger partial charge in [0.1, 0.15) is 0 Å². The summed E-state index contributed by atoms with van der Waals surface area (Å²) < 4.78 is 1.94. The van der Waals surface area contributed by atoms with Crippen LogP contribution in [-0.2, 0) is 0 Å². The lowest BCUT2D eigenvalue weighted by atomic mass is 9.99. The maximum atomic E-state index is 12.6. The van der Waals surface area contributed by atoms with E-state index in [1.807, 2.05) is 11.0 Å². The van der Waals surface area contributed by atoms with Crippen molar-refractivity contribution in [3.8, 4) is 0 Å². The average molecular weight is 424 g/mol. The molecule has 0 bridgehead atoms. The Balaban J connectivity index is 2.04. The highest BCUT2D eigenvalue weighted by Gasteiger charge is 2.23. The largest absolute Gasteiger partial charge is 0.338 e. The molecule has 112 valence electrons. The number of rotatable bonds is 5. The molecule has 2 heterocycles. The molecule has 3 nitrogen and oxygen atoms in total. The van der Waals surface area contributed by atoms with Gasteiger partial charge in [-0.25, -0.2) is 0 Å². The third-order valence-electron chi connectivity index (χ3n) is 3.51. The molecular formula is C14H20Br2N2OS. The molecule has 1 fully saturated rings. The summed E-state index contributed by atoms with van der Waals surface area (Å²) in [6.45, 7) is 5.98. The number of carbonyl (C=O) groups excluding carboxylic acids is 1. The van der Waals surface area contributed by atoms with Gasteiger partial charge in [0.15, 0.2) is 0 Å². The Kier molecular flexibility index (Phi) is 6.52. The molecule has 0 saturated carbocycles. The number of hydrogen-bond donors (Lipinski definition) is 1. The van der Waals surface area contributed by atoms with Gasteiger partial charge in [-0.1, -0.05) is 6.92 Å². The Morgan fingerprint density at radius 2 is 2.35 bits per heavy atom. The zero-order valence-corrected chi connectivity index (χ0v) is 15.6. The summed E-state index contributed by atoms with van der Waals surface area (Å²) in [5.74, 6) is 0.750. The number of carbonyl (C=O) groups is 1. The first-order valence-electron chi connectivity index (χ1n) is 7.06. The quantitative estimate of drug-likeness (QED) is 0.772. The highest BCUT2D eigenvalue weighted by Crippen LogP contribution is 2.33. The van der Waals surface area contributed by atoms with Crippen molar-refractivity contribution in [1.82, 2.24) is 10.2 Å². The number of nitrogens with zero attached hydrogens (tertiary/aromatic N) is 1. The van der Waals surface area contributed by atoms with Gasteiger partial charge in [0.2, 0.25) is 0 Å². The topological polar surface area (TPSA) is 32.3 Å². The van der Waals surface area contributed by atoms with Gasteiger partial charge in [-0.05, 0) is 76.2 Å². The van der Waals surface area contributed by atoms with Crippen molar-refractivity contribution in [2.75, 3.05) is 26.2 Å². The summed E-state index contributed by atoms with van der Waals surface area (Å²) in [4.78, 5) is 15.5. The predicted octanol–water partition coefficient (Wildman–Crippen LogP) is 4.12. The normalized spacial score (nSPS) is 19.1. The number of thiophene rings is 1. The van der Waals surface area contributed by atoms with Crippen molar-refractivity contribution in [3.63, 3.8) is 0 Å². The Bertz CT molecular complexity index is 439. The highest BCUT2D eigenvalue weighted by atomic mass is 79.9. The minimum atomic E-state index is 0.161. The lowest BCUT2D eigenvalue weighted by Crippen LogP contribution is -2.41. The summed E-state index contributed by atoms with van der Waals surface area (Å²) in [5, 5.41) is 3.42. The predicted molar refractivity (Wildman–Crippen MR) is 91.5 cm³/mol. The van der Waals surface area contributed by atoms with Crippen LogP contribution < -0.4 is 5.32 Å². The molecule has 0 aliphatic carbocycles. The smallest absolute Gasteiger partial charge is 0.264 e. The first-order chi connectivity index (χ1) is 9.61. The molecule has 20 heavy (non-hydrogen) atoms. The molecule has 1 saturated heterocycles. The maximum Gasteiger partial charge on any atom is 0.264 e. The van der Waals surface area contributed by atoms with Crippen LogP contribution in [0.1, 0.15) is 35.9 Å². The van der Waals surface area contributed by atoms with E-state index in [1.165, 1.54) is 24.2 Å². The van der Waals surface area contributed by atoms with Gasteiger partial charge in [0, 0.05) is 17.6 Å². The van der Waals surface area contributed by atoms with E-state index >= 15 is 0 Å². The standard InChI is InChI=1S/C14H20Br2N2OS/c1-2-6-18(9-10-4-3-5-17-8-10)14(19)12-7-11(15)13(16)20-12/h7,10,17H,2-6,8-9H2,1H3. The van der Waals surface area contributed by atoms with Crippen molar-refractivity contribution in [1.29, 1.82) is 0 Å². The number of hydrogen-bond acceptors (Lipinski definition) is 3. The minimum absolute atomic E-state index is 0.161. The molecule has 0 aromatic carbocycles. The Hall–Kier alpha value is 0.0900.